The third-order valence-corrected chi connectivity index (χ3v) is 1.74. The molecule has 0 amide bonds. The summed E-state index contributed by atoms with van der Waals surface area (Å²) in [5, 5.41) is 0.646. The van der Waals surface area contributed by atoms with Gasteiger partial charge in [-0.05, 0) is 37.1 Å². The summed E-state index contributed by atoms with van der Waals surface area (Å²) in [5.74, 6) is 0. The second kappa shape index (κ2) is 2.51. The van der Waals surface area contributed by atoms with Crippen molar-refractivity contribution in [3.63, 3.8) is 0 Å². The van der Waals surface area contributed by atoms with Gasteiger partial charge in [0.15, 0.2) is 0 Å². The second-order valence-electron chi connectivity index (χ2n) is 2.28. The molecule has 53 valence electrons. The maximum absolute atomic E-state index is 5.70. The third-order valence-electron chi connectivity index (χ3n) is 1.52. The van der Waals surface area contributed by atoms with Crippen LogP contribution in [-0.4, -0.2) is 0 Å². The van der Waals surface area contributed by atoms with Crippen LogP contribution in [-0.2, 0) is 0 Å². The quantitative estimate of drug-likeness (QED) is 0.571. The van der Waals surface area contributed by atoms with Gasteiger partial charge in [0.1, 0.15) is 0 Å². The summed E-state index contributed by atoms with van der Waals surface area (Å²) in [4.78, 5) is 0. The molecular formula is C8H9ClN. The van der Waals surface area contributed by atoms with Crippen molar-refractivity contribution in [2.45, 2.75) is 6.92 Å². The van der Waals surface area contributed by atoms with Crippen LogP contribution in [0.5, 0.6) is 0 Å². The molecule has 0 atom stereocenters. The average molecular weight is 155 g/mol. The van der Waals surface area contributed by atoms with Crippen molar-refractivity contribution in [2.24, 2.45) is 0 Å². The van der Waals surface area contributed by atoms with Crippen LogP contribution >= 0.6 is 11.6 Å². The van der Waals surface area contributed by atoms with Gasteiger partial charge < -0.3 is 5.73 Å². The van der Waals surface area contributed by atoms with E-state index < -0.39 is 0 Å². The molecule has 0 aliphatic rings. The highest BCUT2D eigenvalue weighted by atomic mass is 35.5. The number of nitrogen functional groups attached to an aromatic ring is 1. The van der Waals surface area contributed by atoms with Gasteiger partial charge in [-0.2, -0.15) is 0 Å². The lowest BCUT2D eigenvalue weighted by atomic mass is 10.1. The third kappa shape index (κ3) is 1.24. The van der Waals surface area contributed by atoms with E-state index in [-0.39, 0.29) is 0 Å². The fraction of sp³-hybridized carbons (Fsp3) is 0.125. The highest BCUT2D eigenvalue weighted by Crippen LogP contribution is 2.20. The topological polar surface area (TPSA) is 26.0 Å². The molecule has 1 rings (SSSR count). The van der Waals surface area contributed by atoms with Crippen molar-refractivity contribution in [1.29, 1.82) is 0 Å². The number of benzene rings is 1. The molecular weight excluding hydrogens is 146 g/mol. The second-order valence-corrected chi connectivity index (χ2v) is 2.72. The van der Waals surface area contributed by atoms with Gasteiger partial charge in [-0.1, -0.05) is 11.6 Å². The molecule has 0 saturated carbocycles. The Balaban J connectivity index is 3.31. The van der Waals surface area contributed by atoms with Crippen LogP contribution in [0.4, 0.5) is 5.69 Å². The van der Waals surface area contributed by atoms with E-state index in [4.69, 9.17) is 17.3 Å². The maximum Gasteiger partial charge on any atom is 0.0429 e. The van der Waals surface area contributed by atoms with Gasteiger partial charge in [0.25, 0.3) is 0 Å². The minimum absolute atomic E-state index is 0.646. The fourth-order valence-corrected chi connectivity index (χ4v) is 1.01. The summed E-state index contributed by atoms with van der Waals surface area (Å²) < 4.78 is 0. The normalized spacial score (nSPS) is 9.90. The fourth-order valence-electron chi connectivity index (χ4n) is 0.759. The lowest BCUT2D eigenvalue weighted by molar-refractivity contribution is 1.42. The van der Waals surface area contributed by atoms with Gasteiger partial charge in [0, 0.05) is 10.7 Å². The van der Waals surface area contributed by atoms with Crippen LogP contribution in [0.25, 0.3) is 0 Å². The van der Waals surface area contributed by atoms with Crippen molar-refractivity contribution in [2.75, 3.05) is 5.73 Å². The van der Waals surface area contributed by atoms with Gasteiger partial charge in [-0.25, -0.2) is 0 Å². The molecule has 0 unspecified atom stereocenters. The number of hydrogen-bond donors (Lipinski definition) is 1. The Morgan fingerprint density at radius 2 is 2.10 bits per heavy atom. The van der Waals surface area contributed by atoms with E-state index in [2.05, 4.69) is 6.92 Å². The molecule has 1 aromatic rings. The molecule has 0 aliphatic carbocycles. The molecule has 0 saturated heterocycles. The number of nitrogens with two attached hydrogens (primary N) is 1. The summed E-state index contributed by atoms with van der Waals surface area (Å²) in [7, 11) is 0. The maximum atomic E-state index is 5.70. The van der Waals surface area contributed by atoms with Crippen LogP contribution in [0.2, 0.25) is 5.02 Å². The molecule has 1 aromatic carbocycles. The van der Waals surface area contributed by atoms with Crippen molar-refractivity contribution in [3.05, 3.63) is 35.2 Å². The summed E-state index contributed by atoms with van der Waals surface area (Å²) >= 11 is 5.70. The zero-order valence-electron chi connectivity index (χ0n) is 5.82. The zero-order valence-corrected chi connectivity index (χ0v) is 6.57. The molecule has 0 fully saturated rings. The lowest BCUT2D eigenvalue weighted by Gasteiger charge is -2.03. The Morgan fingerprint density at radius 1 is 1.50 bits per heavy atom. The molecule has 0 spiro atoms. The van der Waals surface area contributed by atoms with Crippen LogP contribution in [0.1, 0.15) is 11.1 Å². The van der Waals surface area contributed by atoms with Crippen molar-refractivity contribution in [3.8, 4) is 0 Å². The van der Waals surface area contributed by atoms with Gasteiger partial charge in [0.2, 0.25) is 0 Å². The van der Waals surface area contributed by atoms with E-state index in [1.54, 1.807) is 12.1 Å². The van der Waals surface area contributed by atoms with Crippen LogP contribution in [0, 0.1) is 13.8 Å². The molecule has 1 radical (unpaired) electrons. The predicted molar refractivity (Wildman–Crippen MR) is 45.1 cm³/mol. The zero-order chi connectivity index (χ0) is 7.72. The average Bonchev–Trinajstić information content (AvgIpc) is 1.82. The van der Waals surface area contributed by atoms with E-state index in [1.165, 1.54) is 0 Å². The molecule has 0 aromatic heterocycles. The SMILES string of the molecule is [CH2]c1cc(Cl)cc(N)c1C. The minimum atomic E-state index is 0.646. The van der Waals surface area contributed by atoms with Gasteiger partial charge in [-0.3, -0.25) is 0 Å². The summed E-state index contributed by atoms with van der Waals surface area (Å²) in [5.41, 5.74) is 8.20. The lowest BCUT2D eigenvalue weighted by Crippen LogP contribution is -1.91. The van der Waals surface area contributed by atoms with E-state index in [1.807, 2.05) is 6.92 Å². The minimum Gasteiger partial charge on any atom is -0.398 e. The molecule has 0 aliphatic heterocycles. The molecule has 0 bridgehead atoms. The van der Waals surface area contributed by atoms with Crippen molar-refractivity contribution in [1.82, 2.24) is 0 Å². The van der Waals surface area contributed by atoms with Gasteiger partial charge in [0.05, 0.1) is 0 Å². The highest BCUT2D eigenvalue weighted by molar-refractivity contribution is 6.31. The van der Waals surface area contributed by atoms with Crippen LogP contribution < -0.4 is 5.73 Å². The van der Waals surface area contributed by atoms with Crippen molar-refractivity contribution >= 4 is 17.3 Å². The van der Waals surface area contributed by atoms with E-state index >= 15 is 0 Å². The Bertz CT molecular complexity index is 232. The Morgan fingerprint density at radius 3 is 2.60 bits per heavy atom. The molecule has 2 N–H and O–H groups in total. The van der Waals surface area contributed by atoms with E-state index in [0.29, 0.717) is 10.7 Å². The summed E-state index contributed by atoms with van der Waals surface area (Å²) in [6.45, 7) is 5.70. The summed E-state index contributed by atoms with van der Waals surface area (Å²) in [6, 6.07) is 3.53. The van der Waals surface area contributed by atoms with Crippen molar-refractivity contribution < 1.29 is 0 Å². The summed E-state index contributed by atoms with van der Waals surface area (Å²) in [6.07, 6.45) is 0. The highest BCUT2D eigenvalue weighted by Gasteiger charge is 1.98. The molecule has 0 heterocycles. The number of hydrogen-bond acceptors (Lipinski definition) is 1. The first-order chi connectivity index (χ1) is 4.61. The molecule has 1 nitrogen and oxygen atoms in total. The Kier molecular flexibility index (Phi) is 1.86. The first-order valence-corrected chi connectivity index (χ1v) is 3.36. The predicted octanol–water partition coefficient (Wildman–Crippen LogP) is 2.41. The first kappa shape index (κ1) is 7.42. The molecule has 10 heavy (non-hydrogen) atoms. The van der Waals surface area contributed by atoms with E-state index in [0.717, 1.165) is 11.1 Å². The first-order valence-electron chi connectivity index (χ1n) is 2.99. The Hall–Kier alpha value is -0.690. The van der Waals surface area contributed by atoms with Crippen LogP contribution in [0.15, 0.2) is 12.1 Å². The number of rotatable bonds is 0. The smallest absolute Gasteiger partial charge is 0.0429 e. The monoisotopic (exact) mass is 154 g/mol. The van der Waals surface area contributed by atoms with Gasteiger partial charge in [-0.15, -0.1) is 0 Å². The number of halogens is 1. The Labute approximate surface area is 65.8 Å². The standard InChI is InChI=1S/C8H9ClN/c1-5-3-7(9)4-8(10)6(5)2/h3-4H,1,10H2,2H3. The largest absolute Gasteiger partial charge is 0.398 e. The van der Waals surface area contributed by atoms with E-state index in [9.17, 15) is 0 Å². The molecule has 2 heteroatoms. The number of anilines is 1. The van der Waals surface area contributed by atoms with Gasteiger partial charge >= 0.3 is 0 Å². The van der Waals surface area contributed by atoms with Crippen LogP contribution in [0.3, 0.4) is 0 Å².